The number of carbonyl (C=O) groups is 1. The predicted molar refractivity (Wildman–Crippen MR) is 175 cm³/mol. The summed E-state index contributed by atoms with van der Waals surface area (Å²) in [4.78, 5) is 28.0. The maximum absolute atomic E-state index is 16.9. The summed E-state index contributed by atoms with van der Waals surface area (Å²) in [6, 6.07) is 12.5. The Morgan fingerprint density at radius 2 is 1.86 bits per heavy atom. The van der Waals surface area contributed by atoms with E-state index in [9.17, 15) is 23.6 Å². The van der Waals surface area contributed by atoms with E-state index in [-0.39, 0.29) is 40.4 Å². The number of hydrogen-bond donors (Lipinski definition) is 0. The molecule has 3 aliphatic rings. The minimum atomic E-state index is -2.92. The van der Waals surface area contributed by atoms with E-state index in [1.54, 1.807) is 37.8 Å². The predicted octanol–water partition coefficient (Wildman–Crippen LogP) is 8.11. The van der Waals surface area contributed by atoms with Gasteiger partial charge in [0.05, 0.1) is 22.8 Å². The molecule has 1 aromatic heterocycles. The molecule has 10 nitrogen and oxygen atoms in total. The zero-order chi connectivity index (χ0) is 36.4. The molecular weight excluding hydrogens is 696 g/mol. The van der Waals surface area contributed by atoms with Crippen LogP contribution in [0.2, 0.25) is 5.02 Å². The molecule has 0 bridgehead atoms. The number of nitrogens with zero attached hydrogens (tertiary/aromatic N) is 4. The van der Waals surface area contributed by atoms with Crippen LogP contribution in [0.15, 0.2) is 53.5 Å². The maximum atomic E-state index is 16.9. The molecular formula is C36H29ClF4N4O6. The smallest absolute Gasteiger partial charge is 0.410 e. The zero-order valence-electron chi connectivity index (χ0n) is 27.4. The van der Waals surface area contributed by atoms with Gasteiger partial charge in [-0.05, 0) is 39.2 Å². The maximum Gasteiger partial charge on any atom is 0.410 e. The van der Waals surface area contributed by atoms with Crippen LogP contribution in [0.5, 0.6) is 28.7 Å². The molecule has 51 heavy (non-hydrogen) atoms. The van der Waals surface area contributed by atoms with Gasteiger partial charge in [-0.1, -0.05) is 41.9 Å². The molecule has 264 valence electrons. The van der Waals surface area contributed by atoms with Crippen molar-refractivity contribution < 1.29 is 41.3 Å². The minimum Gasteiger partial charge on any atom is -0.480 e. The summed E-state index contributed by atoms with van der Waals surface area (Å²) >= 11 is 6.63. The van der Waals surface area contributed by atoms with E-state index >= 15 is 8.78 Å². The van der Waals surface area contributed by atoms with E-state index in [4.69, 9.17) is 30.5 Å². The molecule has 0 unspecified atom stereocenters. The van der Waals surface area contributed by atoms with E-state index in [1.807, 2.05) is 24.3 Å². The number of rotatable bonds is 5. The van der Waals surface area contributed by atoms with Gasteiger partial charge >= 0.3 is 11.7 Å². The van der Waals surface area contributed by atoms with E-state index in [2.05, 4.69) is 5.10 Å². The van der Waals surface area contributed by atoms with Gasteiger partial charge in [-0.25, -0.2) is 27.0 Å². The average Bonchev–Trinajstić information content (AvgIpc) is 3.73. The Morgan fingerprint density at radius 1 is 1.12 bits per heavy atom. The second kappa shape index (κ2) is 12.5. The van der Waals surface area contributed by atoms with E-state index in [1.165, 1.54) is 0 Å². The number of hydrogen-bond acceptors (Lipinski definition) is 8. The van der Waals surface area contributed by atoms with Crippen molar-refractivity contribution in [3.05, 3.63) is 92.4 Å². The fourth-order valence-corrected chi connectivity index (χ4v) is 7.19. The second-order valence-corrected chi connectivity index (χ2v) is 13.7. The molecule has 0 aliphatic carbocycles. The average molecular weight is 725 g/mol. The summed E-state index contributed by atoms with van der Waals surface area (Å²) in [5, 5.41) is 13.4. The number of alkyl halides is 2. The Hall–Kier alpha value is -5.29. The summed E-state index contributed by atoms with van der Waals surface area (Å²) in [5.74, 6) is -4.06. The van der Waals surface area contributed by atoms with Crippen LogP contribution in [0.4, 0.5) is 22.4 Å². The van der Waals surface area contributed by atoms with Crippen molar-refractivity contribution in [3.8, 4) is 45.9 Å². The number of amides is 1. The molecule has 0 saturated carbocycles. The van der Waals surface area contributed by atoms with Crippen LogP contribution < -0.4 is 19.8 Å². The molecule has 4 heterocycles. The molecule has 0 spiro atoms. The summed E-state index contributed by atoms with van der Waals surface area (Å²) in [6.07, 6.45) is -1.44. The highest BCUT2D eigenvalue weighted by Crippen LogP contribution is 2.55. The first kappa shape index (κ1) is 34.2. The van der Waals surface area contributed by atoms with Gasteiger partial charge in [0.1, 0.15) is 29.8 Å². The van der Waals surface area contributed by atoms with Crippen molar-refractivity contribution in [3.63, 3.8) is 0 Å². The zero-order valence-corrected chi connectivity index (χ0v) is 28.2. The minimum absolute atomic E-state index is 0.0104. The van der Waals surface area contributed by atoms with Gasteiger partial charge in [0.25, 0.3) is 6.43 Å². The highest BCUT2D eigenvalue weighted by Gasteiger charge is 2.54. The van der Waals surface area contributed by atoms with Gasteiger partial charge in [-0.2, -0.15) is 10.4 Å². The molecule has 0 N–H and O–H groups in total. The normalized spacial score (nSPS) is 19.0. The number of halogens is 5. The van der Waals surface area contributed by atoms with E-state index < -0.39 is 75.6 Å². The molecule has 1 fully saturated rings. The van der Waals surface area contributed by atoms with Crippen LogP contribution >= 0.6 is 11.6 Å². The van der Waals surface area contributed by atoms with Crippen LogP contribution in [0, 0.1) is 23.0 Å². The number of aromatic nitrogens is 2. The first-order chi connectivity index (χ1) is 24.2. The first-order valence-electron chi connectivity index (χ1n) is 16.0. The Morgan fingerprint density at radius 3 is 2.55 bits per heavy atom. The van der Waals surface area contributed by atoms with Crippen LogP contribution in [-0.2, 0) is 23.3 Å². The van der Waals surface area contributed by atoms with Crippen molar-refractivity contribution in [1.82, 2.24) is 14.7 Å². The van der Waals surface area contributed by atoms with E-state index in [0.717, 1.165) is 18.3 Å². The third-order valence-corrected chi connectivity index (χ3v) is 9.33. The van der Waals surface area contributed by atoms with Crippen LogP contribution in [0.3, 0.4) is 0 Å². The molecule has 0 radical (unpaired) electrons. The van der Waals surface area contributed by atoms with Gasteiger partial charge in [-0.3, -0.25) is 4.79 Å². The fraction of sp³-hybridized carbons (Fsp3) is 0.333. The number of ether oxygens (including phenoxy) is 4. The highest BCUT2D eigenvalue weighted by molar-refractivity contribution is 6.34. The number of nitriles is 1. The Labute approximate surface area is 293 Å². The molecule has 1 amide bonds. The summed E-state index contributed by atoms with van der Waals surface area (Å²) < 4.78 is 82.9. The molecule has 7 rings (SSSR count). The number of carbonyl (C=O) groups excluding carboxylic acids is 1. The summed E-state index contributed by atoms with van der Waals surface area (Å²) in [6.45, 7) is 4.58. The van der Waals surface area contributed by atoms with Crippen LogP contribution in [0.1, 0.15) is 50.3 Å². The Bertz CT molecular complexity index is 2190. The highest BCUT2D eigenvalue weighted by atomic mass is 35.5. The van der Waals surface area contributed by atoms with Gasteiger partial charge in [0, 0.05) is 41.8 Å². The Balaban J connectivity index is 1.38. The number of likely N-dealkylation sites (tertiary alicyclic amines) is 1. The summed E-state index contributed by atoms with van der Waals surface area (Å²) in [7, 11) is 0. The van der Waals surface area contributed by atoms with Gasteiger partial charge in [0.15, 0.2) is 22.9 Å². The lowest BCUT2D eigenvalue weighted by atomic mass is 9.79. The first-order valence-corrected chi connectivity index (χ1v) is 16.4. The van der Waals surface area contributed by atoms with Crippen molar-refractivity contribution >= 4 is 17.7 Å². The van der Waals surface area contributed by atoms with Crippen molar-refractivity contribution in [2.24, 2.45) is 0 Å². The molecule has 1 saturated heterocycles. The topological polar surface area (TPSA) is 116 Å². The van der Waals surface area contributed by atoms with Gasteiger partial charge < -0.3 is 23.8 Å². The molecule has 2 atom stereocenters. The summed E-state index contributed by atoms with van der Waals surface area (Å²) in [5.41, 5.74) is -3.31. The third-order valence-electron chi connectivity index (χ3n) is 8.96. The largest absolute Gasteiger partial charge is 0.480 e. The van der Waals surface area contributed by atoms with E-state index in [0.29, 0.717) is 29.6 Å². The molecule has 3 aliphatic heterocycles. The lowest BCUT2D eigenvalue weighted by molar-refractivity contribution is -0.0216. The monoisotopic (exact) mass is 724 g/mol. The lowest BCUT2D eigenvalue weighted by Gasteiger charge is -2.40. The number of fused-ring (bicyclic) bond motifs is 3. The Kier molecular flexibility index (Phi) is 8.37. The molecule has 3 aromatic carbocycles. The lowest BCUT2D eigenvalue weighted by Crippen LogP contribution is -2.53. The van der Waals surface area contributed by atoms with Crippen molar-refractivity contribution in [2.45, 2.75) is 70.2 Å². The standard InChI is InChI=1S/C36H29ClF4N4O6/c1-35(2,3)51-34(47)44-11-7-10-25(44)36(19-8-5-4-6-9-19)14-20-22(50-36)13-21(38)29(37)28(20)27-18(15-42)12-23-31(30(27)41)49-32-24(48-23)16-43-45(33(32)46)17-26(39)40/h4-6,8-9,12-13,16,25-26H,7,10-11,14,17H2,1-3H3/t25-,36-/m0/s1. The van der Waals surface area contributed by atoms with Crippen LogP contribution in [-0.4, -0.2) is 45.4 Å². The van der Waals surface area contributed by atoms with Crippen molar-refractivity contribution in [1.29, 1.82) is 5.26 Å². The van der Waals surface area contributed by atoms with Crippen LogP contribution in [0.25, 0.3) is 11.1 Å². The van der Waals surface area contributed by atoms with Gasteiger partial charge in [-0.15, -0.1) is 0 Å². The second-order valence-electron chi connectivity index (χ2n) is 13.4. The van der Waals surface area contributed by atoms with Gasteiger partial charge in [0.2, 0.25) is 11.5 Å². The molecule has 4 aromatic rings. The fourth-order valence-electron chi connectivity index (χ4n) is 6.93. The quantitative estimate of drug-likeness (QED) is 0.167. The SMILES string of the molecule is CC(C)(C)OC(=O)N1CCC[C@H]1[C@@]1(c2ccccc2)Cc2c(cc(F)c(Cl)c2-c2c(C#N)cc3c(c2F)Oc2c(cnn(CC(F)F)c2=O)O3)O1. The third kappa shape index (κ3) is 5.79. The van der Waals surface area contributed by atoms with Crippen molar-refractivity contribution in [2.75, 3.05) is 6.54 Å². The number of benzene rings is 3. The molecule has 15 heteroatoms.